The molecule has 0 aliphatic carbocycles. The van der Waals surface area contributed by atoms with Crippen molar-refractivity contribution in [2.45, 2.75) is 34.1 Å². The molecule has 0 radical (unpaired) electrons. The van der Waals surface area contributed by atoms with Gasteiger partial charge in [-0.1, -0.05) is 19.1 Å². The highest BCUT2D eigenvalue weighted by atomic mass is 32.1. The molecule has 0 spiro atoms. The number of rotatable bonds is 3. The van der Waals surface area contributed by atoms with Crippen molar-refractivity contribution in [2.75, 3.05) is 0 Å². The molecule has 18 heavy (non-hydrogen) atoms. The van der Waals surface area contributed by atoms with Gasteiger partial charge in [-0.05, 0) is 61.6 Å². The second-order valence-corrected chi connectivity index (χ2v) is 5.91. The quantitative estimate of drug-likeness (QED) is 0.687. The van der Waals surface area contributed by atoms with E-state index in [1.807, 2.05) is 6.21 Å². The highest BCUT2D eigenvalue weighted by Gasteiger charge is 2.02. The molecule has 2 aromatic rings. The van der Waals surface area contributed by atoms with Crippen LogP contribution in [0.1, 0.15) is 34.1 Å². The molecular weight excluding hydrogens is 238 g/mol. The topological polar surface area (TPSA) is 12.4 Å². The molecule has 1 heterocycles. The molecule has 1 aromatic carbocycles. The normalized spacial score (nSPS) is 11.3. The van der Waals surface area contributed by atoms with Crippen LogP contribution in [0.3, 0.4) is 0 Å². The molecule has 0 aliphatic rings. The highest BCUT2D eigenvalue weighted by Crippen LogP contribution is 2.24. The number of nitrogens with zero attached hydrogens (tertiary/aromatic N) is 1. The van der Waals surface area contributed by atoms with Crippen molar-refractivity contribution in [1.82, 2.24) is 0 Å². The van der Waals surface area contributed by atoms with E-state index in [1.54, 1.807) is 11.3 Å². The van der Waals surface area contributed by atoms with Gasteiger partial charge in [0.05, 0.1) is 0 Å². The maximum atomic E-state index is 4.57. The first kappa shape index (κ1) is 13.0. The van der Waals surface area contributed by atoms with Crippen molar-refractivity contribution >= 4 is 22.6 Å². The molecule has 2 rings (SSSR count). The van der Waals surface area contributed by atoms with Crippen molar-refractivity contribution in [3.05, 3.63) is 51.4 Å². The first-order valence-corrected chi connectivity index (χ1v) is 7.12. The first-order valence-electron chi connectivity index (χ1n) is 6.30. The van der Waals surface area contributed by atoms with Crippen molar-refractivity contribution in [3.8, 4) is 0 Å². The van der Waals surface area contributed by atoms with E-state index in [0.29, 0.717) is 0 Å². The number of hydrogen-bond acceptors (Lipinski definition) is 2. The lowest BCUT2D eigenvalue weighted by Gasteiger charge is -2.07. The summed E-state index contributed by atoms with van der Waals surface area (Å²) in [6.07, 6.45) is 3.08. The fourth-order valence-corrected chi connectivity index (χ4v) is 2.80. The Balaban J connectivity index is 2.31. The van der Waals surface area contributed by atoms with E-state index in [9.17, 15) is 0 Å². The van der Waals surface area contributed by atoms with Gasteiger partial charge in [0.25, 0.3) is 0 Å². The number of aliphatic imine (C=N–C) groups is 1. The summed E-state index contributed by atoms with van der Waals surface area (Å²) in [7, 11) is 0. The summed E-state index contributed by atoms with van der Waals surface area (Å²) >= 11 is 1.73. The summed E-state index contributed by atoms with van der Waals surface area (Å²) < 4.78 is 0. The van der Waals surface area contributed by atoms with Crippen LogP contribution < -0.4 is 0 Å². The maximum absolute atomic E-state index is 4.57. The average Bonchev–Trinajstić information content (AvgIpc) is 2.73. The molecule has 0 amide bonds. The molecule has 2 heteroatoms. The Morgan fingerprint density at radius 1 is 1.11 bits per heavy atom. The maximum Gasteiger partial charge on any atom is 0.116 e. The van der Waals surface area contributed by atoms with Gasteiger partial charge in [-0.25, -0.2) is 4.99 Å². The predicted octanol–water partition coefficient (Wildman–Crippen LogP) is 4.99. The van der Waals surface area contributed by atoms with Gasteiger partial charge >= 0.3 is 0 Å². The van der Waals surface area contributed by atoms with Crippen molar-refractivity contribution in [3.63, 3.8) is 0 Å². The fourth-order valence-electron chi connectivity index (χ4n) is 2.09. The molecule has 0 fully saturated rings. The van der Waals surface area contributed by atoms with Crippen LogP contribution in [0.25, 0.3) is 0 Å². The zero-order chi connectivity index (χ0) is 13.1. The fraction of sp³-hybridized carbons (Fsp3) is 0.312. The average molecular weight is 257 g/mol. The van der Waals surface area contributed by atoms with Gasteiger partial charge < -0.3 is 0 Å². The molecule has 0 saturated carbocycles. The Labute approximate surface area is 113 Å². The molecule has 0 aliphatic heterocycles. The zero-order valence-corrected chi connectivity index (χ0v) is 12.3. The Morgan fingerprint density at radius 2 is 1.78 bits per heavy atom. The smallest absolute Gasteiger partial charge is 0.116 e. The van der Waals surface area contributed by atoms with Crippen LogP contribution in [0.5, 0.6) is 0 Å². The summed E-state index contributed by atoms with van der Waals surface area (Å²) in [6.45, 7) is 8.62. The Hall–Kier alpha value is -1.41. The van der Waals surface area contributed by atoms with Crippen LogP contribution in [0.4, 0.5) is 5.00 Å². The number of hydrogen-bond donors (Lipinski definition) is 0. The molecule has 1 aromatic heterocycles. The van der Waals surface area contributed by atoms with Crippen LogP contribution in [-0.4, -0.2) is 6.21 Å². The Kier molecular flexibility index (Phi) is 3.97. The van der Waals surface area contributed by atoms with E-state index in [1.165, 1.54) is 27.1 Å². The van der Waals surface area contributed by atoms with Crippen molar-refractivity contribution < 1.29 is 0 Å². The standard InChI is InChI=1S/C16H19NS/c1-5-14-8-11(2)15(12(3)9-14)10-17-16-7-6-13(4)18-16/h6-10H,5H2,1-4H3. The molecular formula is C16H19NS. The zero-order valence-electron chi connectivity index (χ0n) is 11.4. The molecule has 0 N–H and O–H groups in total. The molecule has 0 saturated heterocycles. The minimum Gasteiger partial charge on any atom is -0.245 e. The largest absolute Gasteiger partial charge is 0.245 e. The van der Waals surface area contributed by atoms with E-state index < -0.39 is 0 Å². The number of benzene rings is 1. The van der Waals surface area contributed by atoms with Gasteiger partial charge in [0.1, 0.15) is 5.00 Å². The van der Waals surface area contributed by atoms with Gasteiger partial charge in [0, 0.05) is 11.1 Å². The SMILES string of the molecule is CCc1cc(C)c(C=Nc2ccc(C)s2)c(C)c1. The molecule has 0 unspecified atom stereocenters. The van der Waals surface area contributed by atoms with E-state index >= 15 is 0 Å². The Morgan fingerprint density at radius 3 is 2.28 bits per heavy atom. The van der Waals surface area contributed by atoms with Crippen LogP contribution in [-0.2, 0) is 6.42 Å². The lowest BCUT2D eigenvalue weighted by atomic mass is 9.99. The lowest BCUT2D eigenvalue weighted by molar-refractivity contribution is 1.12. The predicted molar refractivity (Wildman–Crippen MR) is 81.6 cm³/mol. The van der Waals surface area contributed by atoms with Gasteiger partial charge in [0.15, 0.2) is 0 Å². The van der Waals surface area contributed by atoms with Crippen LogP contribution in [0, 0.1) is 20.8 Å². The molecule has 0 bridgehead atoms. The van der Waals surface area contributed by atoms with E-state index in [2.05, 4.69) is 57.0 Å². The van der Waals surface area contributed by atoms with E-state index in [-0.39, 0.29) is 0 Å². The van der Waals surface area contributed by atoms with Gasteiger partial charge in [-0.3, -0.25) is 0 Å². The lowest BCUT2D eigenvalue weighted by Crippen LogP contribution is -1.94. The second kappa shape index (κ2) is 5.49. The van der Waals surface area contributed by atoms with Crippen molar-refractivity contribution in [1.29, 1.82) is 0 Å². The minimum absolute atomic E-state index is 1.07. The van der Waals surface area contributed by atoms with Crippen molar-refractivity contribution in [2.24, 2.45) is 4.99 Å². The van der Waals surface area contributed by atoms with E-state index in [4.69, 9.17) is 0 Å². The first-order chi connectivity index (χ1) is 8.60. The highest BCUT2D eigenvalue weighted by molar-refractivity contribution is 7.15. The number of thiophene rings is 1. The van der Waals surface area contributed by atoms with Crippen LogP contribution in [0.15, 0.2) is 29.3 Å². The summed E-state index contributed by atoms with van der Waals surface area (Å²) in [4.78, 5) is 5.87. The minimum atomic E-state index is 1.07. The molecule has 0 atom stereocenters. The Bertz CT molecular complexity index is 556. The summed E-state index contributed by atoms with van der Waals surface area (Å²) in [5, 5.41) is 1.07. The van der Waals surface area contributed by atoms with Crippen LogP contribution >= 0.6 is 11.3 Å². The van der Waals surface area contributed by atoms with Gasteiger partial charge in [-0.2, -0.15) is 0 Å². The third-order valence-corrected chi connectivity index (χ3v) is 4.02. The third-order valence-electron chi connectivity index (χ3n) is 3.11. The second-order valence-electron chi connectivity index (χ2n) is 4.64. The molecule has 1 nitrogen and oxygen atoms in total. The number of aryl methyl sites for hydroxylation is 4. The summed E-state index contributed by atoms with van der Waals surface area (Å²) in [6, 6.07) is 8.70. The van der Waals surface area contributed by atoms with E-state index in [0.717, 1.165) is 11.4 Å². The van der Waals surface area contributed by atoms with Gasteiger partial charge in [0.2, 0.25) is 0 Å². The van der Waals surface area contributed by atoms with Gasteiger partial charge in [-0.15, -0.1) is 11.3 Å². The van der Waals surface area contributed by atoms with Crippen LogP contribution in [0.2, 0.25) is 0 Å². The summed E-state index contributed by atoms with van der Waals surface area (Å²) in [5.41, 5.74) is 5.26. The molecule has 94 valence electrons. The monoisotopic (exact) mass is 257 g/mol. The summed E-state index contributed by atoms with van der Waals surface area (Å²) in [5.74, 6) is 0. The third kappa shape index (κ3) is 2.88.